The van der Waals surface area contributed by atoms with Crippen LogP contribution in [0.25, 0.3) is 81.0 Å². The molecule has 9 aromatic rings. The highest BCUT2D eigenvalue weighted by Gasteiger charge is 2.29. The minimum absolute atomic E-state index is 0.191. The minimum atomic E-state index is -0.383. The molecule has 0 radical (unpaired) electrons. The van der Waals surface area contributed by atoms with Gasteiger partial charge >= 0.3 is 0 Å². The monoisotopic (exact) mass is 642 g/mol. The van der Waals surface area contributed by atoms with Crippen molar-refractivity contribution in [3.63, 3.8) is 0 Å². The van der Waals surface area contributed by atoms with E-state index in [0.717, 1.165) is 44.0 Å². The van der Waals surface area contributed by atoms with Crippen LogP contribution in [-0.4, -0.2) is 4.98 Å². The molecule has 7 aromatic carbocycles. The molecule has 2 nitrogen and oxygen atoms in total. The van der Waals surface area contributed by atoms with E-state index < -0.39 is 0 Å². The highest BCUT2D eigenvalue weighted by Crippen LogP contribution is 2.43. The van der Waals surface area contributed by atoms with Crippen LogP contribution in [0.3, 0.4) is 0 Å². The standard InChI is InChI=1S/C45H36N2S/c1-27(2)33-14-10-15-34(28(3)4)43(33)47-41-19-9-8-18-40(41)46-45(47)37-17-11-16-36-39-25-32-21-20-31-24-30(29-12-6-5-7-13-29)22-23-35(31)38(32)26-42(39)48-44(36)37/h5-28H,1-4H3/p+1/i5D,6D,7D,12D,13D. The molecule has 232 valence electrons. The van der Waals surface area contributed by atoms with Crippen LogP contribution in [0.4, 0.5) is 0 Å². The molecule has 48 heavy (non-hydrogen) atoms. The Morgan fingerprint density at radius 1 is 0.625 bits per heavy atom. The van der Waals surface area contributed by atoms with E-state index in [2.05, 4.69) is 122 Å². The Morgan fingerprint density at radius 3 is 2.12 bits per heavy atom. The number of aromatic nitrogens is 2. The van der Waals surface area contributed by atoms with Crippen molar-refractivity contribution in [1.29, 1.82) is 0 Å². The van der Waals surface area contributed by atoms with E-state index in [1.54, 1.807) is 0 Å². The second-order valence-corrected chi connectivity index (χ2v) is 14.3. The minimum Gasteiger partial charge on any atom is -0.236 e. The van der Waals surface area contributed by atoms with Gasteiger partial charge in [-0.05, 0) is 80.9 Å². The Hall–Kier alpha value is -5.25. The van der Waals surface area contributed by atoms with Gasteiger partial charge in [-0.15, -0.1) is 11.3 Å². The second-order valence-electron chi connectivity index (χ2n) is 13.3. The molecule has 0 bridgehead atoms. The number of nitrogens with zero attached hydrogens (tertiary/aromatic N) is 1. The molecule has 1 N–H and O–H groups in total. The maximum absolute atomic E-state index is 8.51. The van der Waals surface area contributed by atoms with E-state index in [1.165, 1.54) is 37.0 Å². The Bertz CT molecular complexity index is 2920. The van der Waals surface area contributed by atoms with Gasteiger partial charge in [-0.2, -0.15) is 4.57 Å². The van der Waals surface area contributed by atoms with E-state index in [4.69, 9.17) is 6.85 Å². The van der Waals surface area contributed by atoms with Gasteiger partial charge in [0.1, 0.15) is 5.69 Å². The van der Waals surface area contributed by atoms with Crippen LogP contribution >= 0.6 is 11.3 Å². The van der Waals surface area contributed by atoms with Gasteiger partial charge in [0.15, 0.2) is 11.0 Å². The first-order chi connectivity index (χ1) is 25.5. The first kappa shape index (κ1) is 24.0. The Morgan fingerprint density at radius 2 is 1.35 bits per heavy atom. The third-order valence-electron chi connectivity index (χ3n) is 9.68. The molecule has 0 atom stereocenters. The van der Waals surface area contributed by atoms with Crippen LogP contribution in [0, 0.1) is 0 Å². The van der Waals surface area contributed by atoms with Gasteiger partial charge in [0, 0.05) is 26.6 Å². The van der Waals surface area contributed by atoms with E-state index in [0.29, 0.717) is 17.4 Å². The van der Waals surface area contributed by atoms with Crippen molar-refractivity contribution in [3.05, 3.63) is 144 Å². The van der Waals surface area contributed by atoms with Crippen LogP contribution in [0.2, 0.25) is 0 Å². The summed E-state index contributed by atoms with van der Waals surface area (Å²) in [5, 5.41) is 6.67. The zero-order chi connectivity index (χ0) is 36.9. The lowest BCUT2D eigenvalue weighted by molar-refractivity contribution is -0.556. The van der Waals surface area contributed by atoms with E-state index >= 15 is 0 Å². The van der Waals surface area contributed by atoms with Crippen LogP contribution in [0.5, 0.6) is 0 Å². The topological polar surface area (TPSA) is 19.7 Å². The Kier molecular flexibility index (Phi) is 5.58. The summed E-state index contributed by atoms with van der Waals surface area (Å²) < 4.78 is 46.3. The molecule has 0 aliphatic heterocycles. The van der Waals surface area contributed by atoms with Crippen molar-refractivity contribution < 1.29 is 11.4 Å². The SMILES string of the molecule is [2H]c1c([2H])c([2H])c(-c2ccc3c(ccc4cc5c(cc43)sc3c(-c4[nH]c6ccccc6[n+]4-c4c(C(C)C)cccc4C(C)C)cccc35)c2)c([2H])c1[2H]. The predicted molar refractivity (Wildman–Crippen MR) is 207 cm³/mol. The van der Waals surface area contributed by atoms with Crippen molar-refractivity contribution in [2.45, 2.75) is 39.5 Å². The highest BCUT2D eigenvalue weighted by molar-refractivity contribution is 7.26. The van der Waals surface area contributed by atoms with E-state index in [-0.39, 0.29) is 35.8 Å². The molecule has 2 heterocycles. The summed E-state index contributed by atoms with van der Waals surface area (Å²) in [5.41, 5.74) is 8.12. The number of imidazole rings is 1. The third kappa shape index (κ3) is 4.49. The van der Waals surface area contributed by atoms with E-state index in [9.17, 15) is 0 Å². The number of para-hydroxylation sites is 3. The first-order valence-corrected chi connectivity index (χ1v) is 17.4. The van der Waals surface area contributed by atoms with Crippen molar-refractivity contribution >= 4 is 64.1 Å². The van der Waals surface area contributed by atoms with Gasteiger partial charge in [0.25, 0.3) is 5.82 Å². The van der Waals surface area contributed by atoms with Crippen LogP contribution in [-0.2, 0) is 0 Å². The highest BCUT2D eigenvalue weighted by atomic mass is 32.1. The number of nitrogens with one attached hydrogen (secondary N) is 1. The lowest BCUT2D eigenvalue weighted by Crippen LogP contribution is -2.35. The van der Waals surface area contributed by atoms with Gasteiger partial charge in [0.2, 0.25) is 0 Å². The number of thiophene rings is 1. The first-order valence-electron chi connectivity index (χ1n) is 19.1. The number of rotatable bonds is 5. The van der Waals surface area contributed by atoms with Crippen molar-refractivity contribution in [3.8, 4) is 28.2 Å². The molecule has 9 rings (SSSR count). The molecule has 0 aliphatic carbocycles. The maximum Gasteiger partial charge on any atom is 0.294 e. The summed E-state index contributed by atoms with van der Waals surface area (Å²) in [4.78, 5) is 3.85. The molecule has 0 amide bonds. The lowest BCUT2D eigenvalue weighted by Gasteiger charge is -2.18. The molecule has 2 aromatic heterocycles. The predicted octanol–water partition coefficient (Wildman–Crippen LogP) is 12.7. The summed E-state index contributed by atoms with van der Waals surface area (Å²) in [5.74, 6) is 1.75. The van der Waals surface area contributed by atoms with Gasteiger partial charge in [-0.1, -0.05) is 125 Å². The number of hydrogen-bond acceptors (Lipinski definition) is 1. The van der Waals surface area contributed by atoms with Crippen LogP contribution in [0.15, 0.2) is 133 Å². The summed E-state index contributed by atoms with van der Waals surface area (Å²) in [7, 11) is 0. The smallest absolute Gasteiger partial charge is 0.236 e. The quantitative estimate of drug-likeness (QED) is 0.142. The number of H-pyrrole nitrogens is 1. The lowest BCUT2D eigenvalue weighted by atomic mass is 9.92. The van der Waals surface area contributed by atoms with Crippen molar-refractivity contribution in [2.75, 3.05) is 0 Å². The molecule has 0 aliphatic rings. The molecular weight excluding hydrogens is 601 g/mol. The number of hydrogen-bond donors (Lipinski definition) is 1. The molecule has 0 saturated carbocycles. The zero-order valence-electron chi connectivity index (χ0n) is 32.3. The average Bonchev–Trinajstić information content (AvgIpc) is 3.73. The Labute approximate surface area is 292 Å². The fraction of sp³-hybridized carbons (Fsp3) is 0.133. The zero-order valence-corrected chi connectivity index (χ0v) is 28.1. The summed E-state index contributed by atoms with van der Waals surface area (Å²) in [6.07, 6.45) is 0. The fourth-order valence-corrected chi connectivity index (χ4v) is 8.60. The Balaban J connectivity index is 1.27. The normalized spacial score (nSPS) is 13.6. The molecular formula is C45H37N2S+. The molecule has 3 heteroatoms. The summed E-state index contributed by atoms with van der Waals surface area (Å²) in [6.45, 7) is 9.09. The van der Waals surface area contributed by atoms with Crippen LogP contribution < -0.4 is 4.57 Å². The maximum atomic E-state index is 8.51. The van der Waals surface area contributed by atoms with Crippen molar-refractivity contribution in [2.24, 2.45) is 0 Å². The fourth-order valence-electron chi connectivity index (χ4n) is 7.36. The largest absolute Gasteiger partial charge is 0.294 e. The third-order valence-corrected chi connectivity index (χ3v) is 10.9. The second kappa shape index (κ2) is 11.2. The van der Waals surface area contributed by atoms with Gasteiger partial charge in [-0.3, -0.25) is 0 Å². The molecule has 0 saturated heterocycles. The van der Waals surface area contributed by atoms with Gasteiger partial charge < -0.3 is 0 Å². The van der Waals surface area contributed by atoms with Crippen LogP contribution in [0.1, 0.15) is 57.5 Å². The summed E-state index contributed by atoms with van der Waals surface area (Å²) in [6, 6.07) is 35.1. The van der Waals surface area contributed by atoms with Gasteiger partial charge in [0.05, 0.1) is 17.1 Å². The number of benzene rings is 7. The van der Waals surface area contributed by atoms with Gasteiger partial charge in [-0.25, -0.2) is 4.98 Å². The summed E-state index contributed by atoms with van der Waals surface area (Å²) >= 11 is 1.81. The number of fused-ring (bicyclic) bond motifs is 7. The molecule has 0 fully saturated rings. The van der Waals surface area contributed by atoms with E-state index in [1.807, 2.05) is 29.5 Å². The average molecular weight is 643 g/mol. The molecule has 0 unspecified atom stereocenters. The number of aromatic amines is 1. The van der Waals surface area contributed by atoms with Crippen molar-refractivity contribution in [1.82, 2.24) is 4.98 Å². The molecule has 0 spiro atoms.